The first-order chi connectivity index (χ1) is 23.4. The van der Waals surface area contributed by atoms with Crippen LogP contribution in [0.3, 0.4) is 0 Å². The minimum Gasteiger partial charge on any atom is -0.248 e. The lowest BCUT2D eigenvalue weighted by molar-refractivity contribution is 0.591. The molecule has 0 aliphatic rings. The molecule has 48 heavy (non-hydrogen) atoms. The molecule has 0 spiro atoms. The van der Waals surface area contributed by atoms with Gasteiger partial charge in [-0.2, -0.15) is 0 Å². The molecular weight excluding hydrogens is 579 g/mol. The van der Waals surface area contributed by atoms with Gasteiger partial charge in [-0.3, -0.25) is 0 Å². The predicted octanol–water partition coefficient (Wildman–Crippen LogP) is 13.0. The Bertz CT molecular complexity index is 2330. The summed E-state index contributed by atoms with van der Waals surface area (Å²) in [7, 11) is 0. The van der Waals surface area contributed by atoms with E-state index in [1.165, 1.54) is 54.9 Å². The van der Waals surface area contributed by atoms with Gasteiger partial charge in [0, 0.05) is 11.1 Å². The van der Waals surface area contributed by atoms with Crippen LogP contribution in [0.25, 0.3) is 77.4 Å². The Hall–Kier alpha value is -5.79. The molecule has 8 aromatic rings. The van der Waals surface area contributed by atoms with Crippen LogP contribution in [0.4, 0.5) is 0 Å². The molecule has 0 N–H and O–H groups in total. The van der Waals surface area contributed by atoms with Crippen LogP contribution in [0.15, 0.2) is 170 Å². The van der Waals surface area contributed by atoms with Crippen molar-refractivity contribution in [3.63, 3.8) is 0 Å². The number of pyridine rings is 1. The molecule has 0 unspecified atom stereocenters. The Kier molecular flexibility index (Phi) is 7.46. The van der Waals surface area contributed by atoms with Crippen LogP contribution in [0, 0.1) is 0 Å². The molecule has 0 fully saturated rings. The van der Waals surface area contributed by atoms with E-state index in [2.05, 4.69) is 191 Å². The van der Waals surface area contributed by atoms with Crippen molar-refractivity contribution in [2.45, 2.75) is 26.2 Å². The van der Waals surface area contributed by atoms with Gasteiger partial charge in [0.2, 0.25) is 0 Å². The highest BCUT2D eigenvalue weighted by Crippen LogP contribution is 2.46. The second-order valence-electron chi connectivity index (χ2n) is 13.6. The lowest BCUT2D eigenvalue weighted by Gasteiger charge is -2.23. The summed E-state index contributed by atoms with van der Waals surface area (Å²) in [6.07, 6.45) is 0. The van der Waals surface area contributed by atoms with Crippen molar-refractivity contribution in [2.24, 2.45) is 0 Å². The number of hydrogen-bond acceptors (Lipinski definition) is 1. The maximum absolute atomic E-state index is 5.15. The van der Waals surface area contributed by atoms with Crippen molar-refractivity contribution < 1.29 is 0 Å². The van der Waals surface area contributed by atoms with E-state index in [4.69, 9.17) is 4.98 Å². The molecule has 1 nitrogen and oxygen atoms in total. The van der Waals surface area contributed by atoms with Gasteiger partial charge in [0.25, 0.3) is 0 Å². The van der Waals surface area contributed by atoms with Crippen LogP contribution in [-0.4, -0.2) is 4.98 Å². The maximum atomic E-state index is 5.15. The molecular formula is C47H37N. The first-order valence-corrected chi connectivity index (χ1v) is 16.7. The molecule has 0 atom stereocenters. The zero-order chi connectivity index (χ0) is 32.7. The first-order valence-electron chi connectivity index (χ1n) is 16.7. The smallest absolute Gasteiger partial charge is 0.0715 e. The lowest BCUT2D eigenvalue weighted by Crippen LogP contribution is -2.10. The highest BCUT2D eigenvalue weighted by atomic mass is 14.7. The average molecular weight is 616 g/mol. The van der Waals surface area contributed by atoms with E-state index in [9.17, 15) is 0 Å². The third kappa shape index (κ3) is 5.48. The summed E-state index contributed by atoms with van der Waals surface area (Å²) >= 11 is 0. The summed E-state index contributed by atoms with van der Waals surface area (Å²) in [5.41, 5.74) is 12.8. The minimum absolute atomic E-state index is 0.0299. The van der Waals surface area contributed by atoms with Crippen molar-refractivity contribution in [1.82, 2.24) is 4.98 Å². The number of benzene rings is 7. The molecule has 0 saturated heterocycles. The van der Waals surface area contributed by atoms with Gasteiger partial charge in [0.05, 0.1) is 11.4 Å². The Morgan fingerprint density at radius 3 is 1.21 bits per heavy atom. The summed E-state index contributed by atoms with van der Waals surface area (Å²) in [4.78, 5) is 5.15. The average Bonchev–Trinajstić information content (AvgIpc) is 3.14. The molecule has 0 radical (unpaired) electrons. The van der Waals surface area contributed by atoms with Crippen molar-refractivity contribution in [3.05, 3.63) is 175 Å². The molecule has 1 aromatic heterocycles. The van der Waals surface area contributed by atoms with Gasteiger partial charge in [0.15, 0.2) is 0 Å². The summed E-state index contributed by atoms with van der Waals surface area (Å²) in [5.74, 6) is 0. The highest BCUT2D eigenvalue weighted by molar-refractivity contribution is 6.22. The normalized spacial score (nSPS) is 11.6. The maximum Gasteiger partial charge on any atom is 0.0715 e. The van der Waals surface area contributed by atoms with Gasteiger partial charge in [-0.1, -0.05) is 166 Å². The molecule has 7 aromatic carbocycles. The van der Waals surface area contributed by atoms with E-state index >= 15 is 0 Å². The number of hydrogen-bond donors (Lipinski definition) is 0. The minimum atomic E-state index is 0.0299. The predicted molar refractivity (Wildman–Crippen MR) is 205 cm³/mol. The van der Waals surface area contributed by atoms with Crippen molar-refractivity contribution in [2.75, 3.05) is 0 Å². The van der Waals surface area contributed by atoms with E-state index in [-0.39, 0.29) is 5.41 Å². The molecule has 230 valence electrons. The van der Waals surface area contributed by atoms with Crippen molar-refractivity contribution in [1.29, 1.82) is 0 Å². The van der Waals surface area contributed by atoms with Crippen LogP contribution in [0.1, 0.15) is 26.3 Å². The zero-order valence-corrected chi connectivity index (χ0v) is 27.6. The monoisotopic (exact) mass is 615 g/mol. The summed E-state index contributed by atoms with van der Waals surface area (Å²) in [5, 5.41) is 5.05. The third-order valence-corrected chi connectivity index (χ3v) is 9.41. The third-order valence-electron chi connectivity index (χ3n) is 9.41. The molecule has 0 bridgehead atoms. The van der Waals surface area contributed by atoms with Crippen molar-refractivity contribution in [3.8, 4) is 55.9 Å². The Labute approximate surface area is 283 Å². The second-order valence-corrected chi connectivity index (χ2v) is 13.6. The number of aromatic nitrogens is 1. The topological polar surface area (TPSA) is 12.9 Å². The largest absolute Gasteiger partial charge is 0.248 e. The first kappa shape index (κ1) is 29.6. The van der Waals surface area contributed by atoms with Crippen LogP contribution in [0.5, 0.6) is 0 Å². The quantitative estimate of drug-likeness (QED) is 0.176. The van der Waals surface area contributed by atoms with Gasteiger partial charge < -0.3 is 0 Å². The van der Waals surface area contributed by atoms with Crippen LogP contribution in [-0.2, 0) is 5.41 Å². The Morgan fingerprint density at radius 1 is 0.333 bits per heavy atom. The summed E-state index contributed by atoms with van der Waals surface area (Å²) < 4.78 is 0. The van der Waals surface area contributed by atoms with Gasteiger partial charge in [0.1, 0.15) is 0 Å². The number of fused-ring (bicyclic) bond motifs is 2. The molecule has 0 amide bonds. The molecule has 0 saturated carbocycles. The van der Waals surface area contributed by atoms with Gasteiger partial charge in [-0.25, -0.2) is 4.98 Å². The fraction of sp³-hybridized carbons (Fsp3) is 0.0851. The number of nitrogens with zero attached hydrogens (tertiary/aromatic N) is 1. The molecule has 1 heterocycles. The molecule has 8 rings (SSSR count). The Morgan fingerprint density at radius 2 is 0.750 bits per heavy atom. The zero-order valence-electron chi connectivity index (χ0n) is 27.6. The molecule has 0 aliphatic heterocycles. The van der Waals surface area contributed by atoms with E-state index in [0.717, 1.165) is 28.1 Å². The van der Waals surface area contributed by atoms with Gasteiger partial charge >= 0.3 is 0 Å². The van der Waals surface area contributed by atoms with Gasteiger partial charge in [-0.05, 0) is 90.2 Å². The van der Waals surface area contributed by atoms with E-state index < -0.39 is 0 Å². The van der Waals surface area contributed by atoms with Gasteiger partial charge in [-0.15, -0.1) is 0 Å². The SMILES string of the molecule is CC(C)(C)c1ccc2c(-c3ccccc3)c3cc(-c4cc(-c5ccccc5)nc(-c5ccccc5)c4)ccc3c(-c3ccccc3)c2c1. The highest BCUT2D eigenvalue weighted by Gasteiger charge is 2.21. The standard InChI is InChI=1S/C47H37N/c1-47(2,3)38-25-27-40-42(31-38)46(35-22-14-7-15-23-35)39-26-24-36(28-41(39)45(40)34-20-12-6-13-21-34)37-29-43(32-16-8-4-9-17-32)48-44(30-37)33-18-10-5-11-19-33/h4-31H,1-3H3. The Balaban J connectivity index is 1.46. The molecule has 0 aliphatic carbocycles. The number of rotatable bonds is 5. The summed E-state index contributed by atoms with van der Waals surface area (Å²) in [6, 6.07) is 61.3. The fourth-order valence-electron chi connectivity index (χ4n) is 6.92. The van der Waals surface area contributed by atoms with Crippen LogP contribution in [0.2, 0.25) is 0 Å². The molecule has 1 heteroatoms. The van der Waals surface area contributed by atoms with E-state index in [1.54, 1.807) is 0 Å². The van der Waals surface area contributed by atoms with E-state index in [1.807, 2.05) is 0 Å². The second kappa shape index (κ2) is 12.1. The van der Waals surface area contributed by atoms with Crippen LogP contribution >= 0.6 is 0 Å². The van der Waals surface area contributed by atoms with Crippen molar-refractivity contribution >= 4 is 21.5 Å². The fourth-order valence-corrected chi connectivity index (χ4v) is 6.92. The van der Waals surface area contributed by atoms with E-state index in [0.29, 0.717) is 0 Å². The summed E-state index contributed by atoms with van der Waals surface area (Å²) in [6.45, 7) is 6.89. The lowest BCUT2D eigenvalue weighted by atomic mass is 9.81. The van der Waals surface area contributed by atoms with Crippen LogP contribution < -0.4 is 0 Å².